The van der Waals surface area contributed by atoms with E-state index in [0.29, 0.717) is 24.6 Å². The average Bonchev–Trinajstić information content (AvgIpc) is 3.01. The molecule has 0 aliphatic carbocycles. The minimum atomic E-state index is -4.32. The second kappa shape index (κ2) is 5.70. The number of hydrogen-bond acceptors (Lipinski definition) is 4. The van der Waals surface area contributed by atoms with Gasteiger partial charge in [0.05, 0.1) is 12.2 Å². The Morgan fingerprint density at radius 1 is 1.52 bits per heavy atom. The first-order valence-electron chi connectivity index (χ1n) is 7.67. The van der Waals surface area contributed by atoms with Crippen molar-refractivity contribution in [3.8, 4) is 0 Å². The number of anilines is 1. The Hall–Kier alpha value is -1.77. The quantitative estimate of drug-likeness (QED) is 0.879. The maximum Gasteiger partial charge on any atom is 0.410 e. The van der Waals surface area contributed by atoms with E-state index in [1.54, 1.807) is 13.0 Å². The lowest BCUT2D eigenvalue weighted by Crippen LogP contribution is -2.37. The summed E-state index contributed by atoms with van der Waals surface area (Å²) in [6, 6.07) is -0.147. The van der Waals surface area contributed by atoms with Gasteiger partial charge in [-0.15, -0.1) is 0 Å². The molecule has 6 nitrogen and oxygen atoms in total. The summed E-state index contributed by atoms with van der Waals surface area (Å²) in [4.78, 5) is 12.9. The average molecular weight is 331 g/mol. The summed E-state index contributed by atoms with van der Waals surface area (Å²) in [5, 5.41) is 7.28. The van der Waals surface area contributed by atoms with Crippen molar-refractivity contribution in [1.82, 2.24) is 14.7 Å². The van der Waals surface area contributed by atoms with Crippen LogP contribution in [0.1, 0.15) is 37.4 Å². The lowest BCUT2D eigenvalue weighted by Gasteiger charge is -2.31. The fourth-order valence-corrected chi connectivity index (χ4v) is 3.41. The number of nitrogens with zero attached hydrogens (tertiary/aromatic N) is 3. The van der Waals surface area contributed by atoms with Crippen molar-refractivity contribution in [1.29, 1.82) is 0 Å². The highest BCUT2D eigenvalue weighted by Gasteiger charge is 2.45. The van der Waals surface area contributed by atoms with Crippen molar-refractivity contribution in [3.63, 3.8) is 0 Å². The van der Waals surface area contributed by atoms with Crippen molar-refractivity contribution in [2.75, 3.05) is 25.0 Å². The number of rotatable bonds is 3. The Morgan fingerprint density at radius 3 is 2.91 bits per heavy atom. The summed E-state index contributed by atoms with van der Waals surface area (Å²) in [5.74, 6) is 0.0373. The first kappa shape index (κ1) is 16.1. The van der Waals surface area contributed by atoms with Gasteiger partial charge in [0.2, 0.25) is 5.91 Å². The molecule has 2 aliphatic heterocycles. The second-order valence-corrected chi connectivity index (χ2v) is 6.42. The molecule has 1 unspecified atom stereocenters. The standard InChI is InChI=1S/C14H20F3N5O/c1-8-4-11(14(15,16)17)22-13(19-8)5-10(20-22)9-2-3-21(6-9)7-12(18)23/h5,8-9,11,19H,2-4,6-7H2,1H3,(H2,18,23)/t8-,9?,11-/m1/s1. The summed E-state index contributed by atoms with van der Waals surface area (Å²) in [5.41, 5.74) is 5.82. The summed E-state index contributed by atoms with van der Waals surface area (Å²) in [7, 11) is 0. The lowest BCUT2D eigenvalue weighted by molar-refractivity contribution is -0.173. The number of primary amides is 1. The Bertz CT molecular complexity index is 600. The number of carbonyl (C=O) groups excluding carboxylic acids is 1. The number of carbonyl (C=O) groups is 1. The molecule has 3 heterocycles. The fraction of sp³-hybridized carbons (Fsp3) is 0.714. The molecule has 23 heavy (non-hydrogen) atoms. The number of nitrogens with two attached hydrogens (primary N) is 1. The molecule has 0 saturated carbocycles. The van der Waals surface area contributed by atoms with E-state index in [1.165, 1.54) is 0 Å². The molecule has 0 spiro atoms. The van der Waals surface area contributed by atoms with Crippen molar-refractivity contribution in [2.24, 2.45) is 5.73 Å². The first-order chi connectivity index (χ1) is 10.7. The highest BCUT2D eigenvalue weighted by atomic mass is 19.4. The predicted molar refractivity (Wildman–Crippen MR) is 78.0 cm³/mol. The Morgan fingerprint density at radius 2 is 2.26 bits per heavy atom. The van der Waals surface area contributed by atoms with Crippen LogP contribution in [0.4, 0.5) is 19.0 Å². The Labute approximate surface area is 131 Å². The molecule has 1 aromatic heterocycles. The predicted octanol–water partition coefficient (Wildman–Crippen LogP) is 1.47. The highest BCUT2D eigenvalue weighted by Crippen LogP contribution is 2.40. The highest BCUT2D eigenvalue weighted by molar-refractivity contribution is 5.75. The monoisotopic (exact) mass is 331 g/mol. The van der Waals surface area contributed by atoms with E-state index in [-0.39, 0.29) is 24.9 Å². The SMILES string of the molecule is C[C@@H]1C[C@H](C(F)(F)F)n2nc(C3CCN(CC(N)=O)C3)cc2N1. The van der Waals surface area contributed by atoms with Crippen LogP contribution in [0.25, 0.3) is 0 Å². The molecule has 0 aromatic carbocycles. The smallest absolute Gasteiger partial charge is 0.369 e. The van der Waals surface area contributed by atoms with Crippen LogP contribution in [0.15, 0.2) is 6.07 Å². The van der Waals surface area contributed by atoms with Crippen LogP contribution in [0.5, 0.6) is 0 Å². The molecule has 0 bridgehead atoms. The normalized spacial score (nSPS) is 28.4. The maximum atomic E-state index is 13.2. The van der Waals surface area contributed by atoms with Crippen LogP contribution in [0.2, 0.25) is 0 Å². The van der Waals surface area contributed by atoms with E-state index in [1.807, 2.05) is 4.90 Å². The van der Waals surface area contributed by atoms with Crippen LogP contribution in [-0.4, -0.2) is 52.4 Å². The molecule has 3 N–H and O–H groups in total. The zero-order chi connectivity index (χ0) is 16.8. The number of hydrogen-bond donors (Lipinski definition) is 2. The van der Waals surface area contributed by atoms with Gasteiger partial charge in [-0.2, -0.15) is 18.3 Å². The van der Waals surface area contributed by atoms with Crippen LogP contribution in [0.3, 0.4) is 0 Å². The molecule has 0 radical (unpaired) electrons. The van der Waals surface area contributed by atoms with Crippen molar-refractivity contribution < 1.29 is 18.0 Å². The number of halogens is 3. The fourth-order valence-electron chi connectivity index (χ4n) is 3.41. The summed E-state index contributed by atoms with van der Waals surface area (Å²) in [6.45, 7) is 3.19. The van der Waals surface area contributed by atoms with E-state index in [4.69, 9.17) is 5.73 Å². The van der Waals surface area contributed by atoms with Gasteiger partial charge < -0.3 is 11.1 Å². The molecule has 1 amide bonds. The van der Waals surface area contributed by atoms with Gasteiger partial charge in [0.1, 0.15) is 5.82 Å². The van der Waals surface area contributed by atoms with Gasteiger partial charge in [0.25, 0.3) is 0 Å². The summed E-state index contributed by atoms with van der Waals surface area (Å²) in [6.07, 6.45) is -3.59. The van der Waals surface area contributed by atoms with Crippen LogP contribution in [0, 0.1) is 0 Å². The van der Waals surface area contributed by atoms with Gasteiger partial charge >= 0.3 is 6.18 Å². The molecule has 1 fully saturated rings. The maximum absolute atomic E-state index is 13.2. The number of likely N-dealkylation sites (tertiary alicyclic amines) is 1. The van der Waals surface area contributed by atoms with Crippen LogP contribution in [-0.2, 0) is 4.79 Å². The molecule has 9 heteroatoms. The van der Waals surface area contributed by atoms with Gasteiger partial charge in [-0.05, 0) is 26.3 Å². The first-order valence-corrected chi connectivity index (χ1v) is 7.67. The molecular formula is C14H20F3N5O. The van der Waals surface area contributed by atoms with Gasteiger partial charge in [-0.1, -0.05) is 0 Å². The molecular weight excluding hydrogens is 311 g/mol. The van der Waals surface area contributed by atoms with E-state index >= 15 is 0 Å². The van der Waals surface area contributed by atoms with Gasteiger partial charge in [0, 0.05) is 24.6 Å². The van der Waals surface area contributed by atoms with Crippen molar-refractivity contribution >= 4 is 11.7 Å². The lowest BCUT2D eigenvalue weighted by atomic mass is 10.0. The van der Waals surface area contributed by atoms with Gasteiger partial charge in [-0.3, -0.25) is 9.69 Å². The Balaban J connectivity index is 1.80. The minimum Gasteiger partial charge on any atom is -0.369 e. The second-order valence-electron chi connectivity index (χ2n) is 6.42. The molecule has 1 saturated heterocycles. The molecule has 128 valence electrons. The number of alkyl halides is 3. The largest absolute Gasteiger partial charge is 0.410 e. The number of nitrogens with one attached hydrogen (secondary N) is 1. The molecule has 2 aliphatic rings. The van der Waals surface area contributed by atoms with Crippen molar-refractivity contribution in [3.05, 3.63) is 11.8 Å². The number of amides is 1. The third-order valence-electron chi connectivity index (χ3n) is 4.47. The number of aromatic nitrogens is 2. The third-order valence-corrected chi connectivity index (χ3v) is 4.47. The molecule has 3 rings (SSSR count). The van der Waals surface area contributed by atoms with E-state index in [0.717, 1.165) is 11.1 Å². The summed E-state index contributed by atoms with van der Waals surface area (Å²) < 4.78 is 40.8. The van der Waals surface area contributed by atoms with Gasteiger partial charge in [-0.25, -0.2) is 4.68 Å². The van der Waals surface area contributed by atoms with E-state index in [9.17, 15) is 18.0 Å². The third kappa shape index (κ3) is 3.29. The van der Waals surface area contributed by atoms with Crippen LogP contribution >= 0.6 is 0 Å². The zero-order valence-electron chi connectivity index (χ0n) is 12.8. The molecule has 1 aromatic rings. The van der Waals surface area contributed by atoms with Gasteiger partial charge in [0.15, 0.2) is 6.04 Å². The van der Waals surface area contributed by atoms with E-state index in [2.05, 4.69) is 10.4 Å². The topological polar surface area (TPSA) is 76.2 Å². The number of fused-ring (bicyclic) bond motifs is 1. The van der Waals surface area contributed by atoms with Crippen molar-refractivity contribution in [2.45, 2.75) is 43.9 Å². The minimum absolute atomic E-state index is 0.0263. The Kier molecular flexibility index (Phi) is 3.99. The molecule has 3 atom stereocenters. The van der Waals surface area contributed by atoms with E-state index < -0.39 is 18.1 Å². The van der Waals surface area contributed by atoms with Crippen LogP contribution < -0.4 is 11.1 Å². The zero-order valence-corrected chi connectivity index (χ0v) is 12.8. The summed E-state index contributed by atoms with van der Waals surface area (Å²) >= 11 is 0.